The van der Waals surface area contributed by atoms with Crippen molar-refractivity contribution in [1.82, 2.24) is 15.5 Å². The highest BCUT2D eigenvalue weighted by molar-refractivity contribution is 5.73. The molecule has 5 nitrogen and oxygen atoms in total. The van der Waals surface area contributed by atoms with Crippen LogP contribution in [0.2, 0.25) is 0 Å². The summed E-state index contributed by atoms with van der Waals surface area (Å²) in [4.78, 5) is 13.4. The number of hydrogen-bond acceptors (Lipinski definition) is 3. The van der Waals surface area contributed by atoms with E-state index in [-0.39, 0.29) is 18.0 Å². The van der Waals surface area contributed by atoms with Gasteiger partial charge in [-0.05, 0) is 17.7 Å². The predicted octanol–water partition coefficient (Wildman–Crippen LogP) is 0.956. The Morgan fingerprint density at radius 3 is 2.90 bits per heavy atom. The summed E-state index contributed by atoms with van der Waals surface area (Å²) in [6.45, 7) is 3.48. The Kier molecular flexibility index (Phi) is 5.31. The van der Waals surface area contributed by atoms with Crippen LogP contribution in [0.4, 0.5) is 9.18 Å². The maximum atomic E-state index is 12.9. The molecule has 1 atom stereocenters. The van der Waals surface area contributed by atoms with Gasteiger partial charge in [-0.15, -0.1) is 0 Å². The standard InChI is InChI=1S/C14H20FN3O2/c1-16-14(19)17-8-13-10-18(6-7-20-13)9-11-2-4-12(15)5-3-11/h2-5,13H,6-10H2,1H3,(H2,16,17,19). The topological polar surface area (TPSA) is 53.6 Å². The fraction of sp³-hybridized carbons (Fsp3) is 0.500. The van der Waals surface area contributed by atoms with Gasteiger partial charge in [-0.3, -0.25) is 4.90 Å². The molecule has 1 heterocycles. The maximum absolute atomic E-state index is 12.9. The SMILES string of the molecule is CNC(=O)NCC1CN(Cc2ccc(F)cc2)CCO1. The van der Waals surface area contributed by atoms with Crippen LogP contribution in [0.5, 0.6) is 0 Å². The average Bonchev–Trinajstić information content (AvgIpc) is 2.47. The van der Waals surface area contributed by atoms with Crippen LogP contribution in [0.1, 0.15) is 5.56 Å². The number of carbonyl (C=O) groups is 1. The van der Waals surface area contributed by atoms with Crippen LogP contribution in [0, 0.1) is 5.82 Å². The minimum absolute atomic E-state index is 0.0125. The summed E-state index contributed by atoms with van der Waals surface area (Å²) in [6.07, 6.45) is -0.0125. The molecule has 0 saturated carbocycles. The van der Waals surface area contributed by atoms with Crippen LogP contribution >= 0.6 is 0 Å². The minimum atomic E-state index is -0.219. The Bertz CT molecular complexity index is 439. The summed E-state index contributed by atoms with van der Waals surface area (Å²) in [5.41, 5.74) is 1.08. The molecule has 1 saturated heterocycles. The largest absolute Gasteiger partial charge is 0.374 e. The molecular weight excluding hydrogens is 261 g/mol. The Balaban J connectivity index is 1.81. The molecule has 1 aromatic rings. The number of halogens is 1. The third-order valence-corrected chi connectivity index (χ3v) is 3.26. The van der Waals surface area contributed by atoms with Gasteiger partial charge in [0, 0.05) is 33.2 Å². The van der Waals surface area contributed by atoms with Crippen molar-refractivity contribution in [1.29, 1.82) is 0 Å². The molecule has 0 spiro atoms. The molecule has 2 amide bonds. The molecule has 1 aliphatic heterocycles. The molecule has 1 aliphatic rings. The summed E-state index contributed by atoms with van der Waals surface area (Å²) in [5, 5.41) is 5.25. The van der Waals surface area contributed by atoms with E-state index in [1.807, 2.05) is 0 Å². The minimum Gasteiger partial charge on any atom is -0.374 e. The van der Waals surface area contributed by atoms with Gasteiger partial charge in [0.05, 0.1) is 12.7 Å². The van der Waals surface area contributed by atoms with E-state index in [1.54, 1.807) is 19.2 Å². The lowest BCUT2D eigenvalue weighted by Gasteiger charge is -2.33. The summed E-state index contributed by atoms with van der Waals surface area (Å²) < 4.78 is 18.5. The first-order valence-electron chi connectivity index (χ1n) is 6.71. The molecule has 1 fully saturated rings. The monoisotopic (exact) mass is 281 g/mol. The van der Waals surface area contributed by atoms with Crippen LogP contribution in [0.25, 0.3) is 0 Å². The zero-order chi connectivity index (χ0) is 14.4. The Morgan fingerprint density at radius 1 is 1.45 bits per heavy atom. The van der Waals surface area contributed by atoms with Crippen molar-refractivity contribution in [2.24, 2.45) is 0 Å². The first-order chi connectivity index (χ1) is 9.67. The number of amides is 2. The van der Waals surface area contributed by atoms with Gasteiger partial charge in [0.1, 0.15) is 5.82 Å². The molecule has 2 N–H and O–H groups in total. The number of nitrogens with zero attached hydrogens (tertiary/aromatic N) is 1. The van der Waals surface area contributed by atoms with Gasteiger partial charge in [0.2, 0.25) is 0 Å². The number of carbonyl (C=O) groups excluding carboxylic acids is 1. The molecule has 6 heteroatoms. The van der Waals surface area contributed by atoms with Gasteiger partial charge in [-0.25, -0.2) is 9.18 Å². The van der Waals surface area contributed by atoms with E-state index in [4.69, 9.17) is 4.74 Å². The van der Waals surface area contributed by atoms with Crippen molar-refractivity contribution in [2.45, 2.75) is 12.6 Å². The van der Waals surface area contributed by atoms with Gasteiger partial charge < -0.3 is 15.4 Å². The number of rotatable bonds is 4. The fourth-order valence-corrected chi connectivity index (χ4v) is 2.19. The lowest BCUT2D eigenvalue weighted by Crippen LogP contribution is -2.48. The van der Waals surface area contributed by atoms with E-state index in [2.05, 4.69) is 15.5 Å². The smallest absolute Gasteiger partial charge is 0.314 e. The second-order valence-corrected chi connectivity index (χ2v) is 4.81. The highest BCUT2D eigenvalue weighted by Gasteiger charge is 2.20. The van der Waals surface area contributed by atoms with E-state index >= 15 is 0 Å². The second kappa shape index (κ2) is 7.21. The zero-order valence-corrected chi connectivity index (χ0v) is 11.6. The van der Waals surface area contributed by atoms with Gasteiger partial charge >= 0.3 is 6.03 Å². The van der Waals surface area contributed by atoms with Crippen molar-refractivity contribution in [3.05, 3.63) is 35.6 Å². The van der Waals surface area contributed by atoms with Crippen molar-refractivity contribution in [2.75, 3.05) is 33.3 Å². The highest BCUT2D eigenvalue weighted by atomic mass is 19.1. The summed E-state index contributed by atoms with van der Waals surface area (Å²) in [6, 6.07) is 6.33. The van der Waals surface area contributed by atoms with Gasteiger partial charge in [0.15, 0.2) is 0 Å². The lowest BCUT2D eigenvalue weighted by molar-refractivity contribution is -0.0286. The van der Waals surface area contributed by atoms with E-state index in [9.17, 15) is 9.18 Å². The van der Waals surface area contributed by atoms with Crippen LogP contribution in [0.3, 0.4) is 0 Å². The zero-order valence-electron chi connectivity index (χ0n) is 11.6. The molecule has 0 aromatic heterocycles. The molecule has 0 bridgehead atoms. The fourth-order valence-electron chi connectivity index (χ4n) is 2.19. The molecule has 110 valence electrons. The van der Waals surface area contributed by atoms with E-state index in [0.29, 0.717) is 13.2 Å². The van der Waals surface area contributed by atoms with Crippen LogP contribution in [-0.2, 0) is 11.3 Å². The molecule has 0 aliphatic carbocycles. The third kappa shape index (κ3) is 4.47. The number of morpholine rings is 1. The quantitative estimate of drug-likeness (QED) is 0.864. The Morgan fingerprint density at radius 2 is 2.20 bits per heavy atom. The van der Waals surface area contributed by atoms with Crippen LogP contribution in [0.15, 0.2) is 24.3 Å². The molecule has 20 heavy (non-hydrogen) atoms. The first-order valence-corrected chi connectivity index (χ1v) is 6.71. The molecular formula is C14H20FN3O2. The average molecular weight is 281 g/mol. The highest BCUT2D eigenvalue weighted by Crippen LogP contribution is 2.11. The molecule has 2 rings (SSSR count). The number of ether oxygens (including phenoxy) is 1. The maximum Gasteiger partial charge on any atom is 0.314 e. The lowest BCUT2D eigenvalue weighted by atomic mass is 10.2. The van der Waals surface area contributed by atoms with Crippen molar-refractivity contribution >= 4 is 6.03 Å². The van der Waals surface area contributed by atoms with Crippen molar-refractivity contribution in [3.8, 4) is 0 Å². The summed E-state index contributed by atoms with van der Waals surface area (Å²) >= 11 is 0. The third-order valence-electron chi connectivity index (χ3n) is 3.26. The van der Waals surface area contributed by atoms with Gasteiger partial charge in [-0.1, -0.05) is 12.1 Å². The summed E-state index contributed by atoms with van der Waals surface area (Å²) in [7, 11) is 1.58. The predicted molar refractivity (Wildman–Crippen MR) is 73.9 cm³/mol. The van der Waals surface area contributed by atoms with Crippen LogP contribution < -0.4 is 10.6 Å². The normalized spacial score (nSPS) is 19.6. The number of hydrogen-bond donors (Lipinski definition) is 2. The second-order valence-electron chi connectivity index (χ2n) is 4.81. The summed E-state index contributed by atoms with van der Waals surface area (Å²) in [5.74, 6) is -0.219. The van der Waals surface area contributed by atoms with Crippen molar-refractivity contribution < 1.29 is 13.9 Å². The first kappa shape index (κ1) is 14.7. The molecule has 1 unspecified atom stereocenters. The Hall–Kier alpha value is -1.66. The Labute approximate surface area is 118 Å². The number of urea groups is 1. The van der Waals surface area contributed by atoms with E-state index in [1.165, 1.54) is 12.1 Å². The van der Waals surface area contributed by atoms with Crippen molar-refractivity contribution in [3.63, 3.8) is 0 Å². The molecule has 0 radical (unpaired) electrons. The molecule has 1 aromatic carbocycles. The number of benzene rings is 1. The van der Waals surface area contributed by atoms with E-state index < -0.39 is 0 Å². The number of nitrogens with one attached hydrogen (secondary N) is 2. The van der Waals surface area contributed by atoms with Gasteiger partial charge in [0.25, 0.3) is 0 Å². The van der Waals surface area contributed by atoms with E-state index in [0.717, 1.165) is 25.2 Å². The van der Waals surface area contributed by atoms with Gasteiger partial charge in [-0.2, -0.15) is 0 Å². The van der Waals surface area contributed by atoms with Crippen LogP contribution in [-0.4, -0.2) is 50.3 Å².